The first kappa shape index (κ1) is 17.0. The highest BCUT2D eigenvalue weighted by Crippen LogP contribution is 2.26. The summed E-state index contributed by atoms with van der Waals surface area (Å²) < 4.78 is 0. The van der Waals surface area contributed by atoms with Crippen LogP contribution in [0.1, 0.15) is 28.8 Å². The Balaban J connectivity index is 0.00000176. The number of nitrogens with one attached hydrogen (secondary N) is 1. The molecule has 2 saturated heterocycles. The van der Waals surface area contributed by atoms with Crippen molar-refractivity contribution in [1.29, 1.82) is 0 Å². The smallest absolute Gasteiger partial charge is 0.223 e. The zero-order valence-electron chi connectivity index (χ0n) is 12.9. The fourth-order valence-corrected chi connectivity index (χ4v) is 3.32. The number of ketones is 1. The predicted molar refractivity (Wildman–Crippen MR) is 88.4 cm³/mol. The highest BCUT2D eigenvalue weighted by molar-refractivity contribution is 5.98. The van der Waals surface area contributed by atoms with E-state index in [2.05, 4.69) is 5.32 Å². The minimum Gasteiger partial charge on any atom is -0.342 e. The Morgan fingerprint density at radius 1 is 1.09 bits per heavy atom. The molecule has 2 aliphatic heterocycles. The van der Waals surface area contributed by atoms with Gasteiger partial charge in [0.15, 0.2) is 5.78 Å². The van der Waals surface area contributed by atoms with Crippen LogP contribution in [0.3, 0.4) is 0 Å². The van der Waals surface area contributed by atoms with Crippen molar-refractivity contribution < 1.29 is 9.59 Å². The molecular formula is C17H23ClN2O2. The van der Waals surface area contributed by atoms with Crippen LogP contribution in [0.15, 0.2) is 24.3 Å². The third-order valence-corrected chi connectivity index (χ3v) is 4.68. The van der Waals surface area contributed by atoms with E-state index in [0.717, 1.165) is 31.7 Å². The number of likely N-dealkylation sites (tertiary alicyclic amines) is 1. The van der Waals surface area contributed by atoms with Crippen LogP contribution in [0, 0.1) is 18.8 Å². The van der Waals surface area contributed by atoms with Crippen molar-refractivity contribution in [3.8, 4) is 0 Å². The number of fused-ring (bicyclic) bond motifs is 1. The number of hydrogen-bond donors (Lipinski definition) is 1. The summed E-state index contributed by atoms with van der Waals surface area (Å²) in [7, 11) is 0. The minimum absolute atomic E-state index is 0. The van der Waals surface area contributed by atoms with Crippen LogP contribution < -0.4 is 5.32 Å². The van der Waals surface area contributed by atoms with Gasteiger partial charge in [0.1, 0.15) is 0 Å². The quantitative estimate of drug-likeness (QED) is 0.863. The Bertz CT molecular complexity index is 532. The Hall–Kier alpha value is -1.39. The Morgan fingerprint density at radius 3 is 2.27 bits per heavy atom. The van der Waals surface area contributed by atoms with Crippen molar-refractivity contribution >= 4 is 24.1 Å². The first-order chi connectivity index (χ1) is 10.1. The number of hydrogen-bond acceptors (Lipinski definition) is 3. The van der Waals surface area contributed by atoms with E-state index < -0.39 is 0 Å². The number of carbonyl (C=O) groups is 2. The Labute approximate surface area is 137 Å². The SMILES string of the molecule is Cc1ccc(C(=O)CCC(=O)N2C[C@H]3CNC[C@H]3C2)cc1.Cl. The van der Waals surface area contributed by atoms with Gasteiger partial charge in [-0.3, -0.25) is 9.59 Å². The molecule has 0 aliphatic carbocycles. The van der Waals surface area contributed by atoms with Crippen LogP contribution >= 0.6 is 12.4 Å². The molecule has 2 fully saturated rings. The first-order valence-corrected chi connectivity index (χ1v) is 7.72. The molecule has 22 heavy (non-hydrogen) atoms. The first-order valence-electron chi connectivity index (χ1n) is 7.72. The summed E-state index contributed by atoms with van der Waals surface area (Å²) >= 11 is 0. The summed E-state index contributed by atoms with van der Waals surface area (Å²) in [5.74, 6) is 1.41. The molecule has 2 atom stereocenters. The van der Waals surface area contributed by atoms with Crippen molar-refractivity contribution in [2.75, 3.05) is 26.2 Å². The van der Waals surface area contributed by atoms with Crippen molar-refractivity contribution in [1.82, 2.24) is 10.2 Å². The highest BCUT2D eigenvalue weighted by atomic mass is 35.5. The van der Waals surface area contributed by atoms with Crippen molar-refractivity contribution in [2.24, 2.45) is 11.8 Å². The summed E-state index contributed by atoms with van der Waals surface area (Å²) in [5, 5.41) is 3.37. The van der Waals surface area contributed by atoms with Gasteiger partial charge in [0.05, 0.1) is 0 Å². The van der Waals surface area contributed by atoms with E-state index in [9.17, 15) is 9.59 Å². The normalized spacial score (nSPS) is 23.0. The zero-order chi connectivity index (χ0) is 14.8. The summed E-state index contributed by atoms with van der Waals surface area (Å²) in [6, 6.07) is 7.55. The second kappa shape index (κ2) is 7.25. The maximum atomic E-state index is 12.2. The molecule has 0 radical (unpaired) electrons. The Morgan fingerprint density at radius 2 is 1.68 bits per heavy atom. The van der Waals surface area contributed by atoms with Gasteiger partial charge in [-0.05, 0) is 18.8 Å². The summed E-state index contributed by atoms with van der Waals surface area (Å²) in [4.78, 5) is 26.3. The van der Waals surface area contributed by atoms with E-state index >= 15 is 0 Å². The fraction of sp³-hybridized carbons (Fsp3) is 0.529. The summed E-state index contributed by atoms with van der Waals surface area (Å²) in [6.45, 7) is 5.76. The monoisotopic (exact) mass is 322 g/mol. The van der Waals surface area contributed by atoms with E-state index in [-0.39, 0.29) is 24.1 Å². The van der Waals surface area contributed by atoms with E-state index in [1.807, 2.05) is 36.1 Å². The molecule has 0 bridgehead atoms. The number of halogens is 1. The highest BCUT2D eigenvalue weighted by Gasteiger charge is 2.37. The lowest BCUT2D eigenvalue weighted by molar-refractivity contribution is -0.130. The van der Waals surface area contributed by atoms with Crippen LogP contribution in [0.4, 0.5) is 0 Å². The molecule has 120 valence electrons. The van der Waals surface area contributed by atoms with Crippen LogP contribution in [0.25, 0.3) is 0 Å². The minimum atomic E-state index is 0. The average molecular weight is 323 g/mol. The van der Waals surface area contributed by atoms with Gasteiger partial charge in [0.2, 0.25) is 5.91 Å². The molecule has 0 unspecified atom stereocenters. The second-order valence-corrected chi connectivity index (χ2v) is 6.27. The van der Waals surface area contributed by atoms with Gasteiger partial charge in [0, 0.05) is 44.6 Å². The largest absolute Gasteiger partial charge is 0.342 e. The topological polar surface area (TPSA) is 49.4 Å². The van der Waals surface area contributed by atoms with Gasteiger partial charge in [0.25, 0.3) is 0 Å². The zero-order valence-corrected chi connectivity index (χ0v) is 13.7. The number of nitrogens with zero attached hydrogens (tertiary/aromatic N) is 1. The van der Waals surface area contributed by atoms with Crippen LogP contribution in [-0.2, 0) is 4.79 Å². The molecule has 2 heterocycles. The molecule has 1 N–H and O–H groups in total. The number of aryl methyl sites for hydroxylation is 1. The maximum Gasteiger partial charge on any atom is 0.223 e. The lowest BCUT2D eigenvalue weighted by atomic mass is 10.0. The van der Waals surface area contributed by atoms with Gasteiger partial charge in [-0.25, -0.2) is 0 Å². The van der Waals surface area contributed by atoms with E-state index in [1.54, 1.807) is 0 Å². The Kier molecular flexibility index (Phi) is 5.59. The molecule has 0 spiro atoms. The molecule has 5 heteroatoms. The molecular weight excluding hydrogens is 300 g/mol. The van der Waals surface area contributed by atoms with E-state index in [1.165, 1.54) is 0 Å². The van der Waals surface area contributed by atoms with Crippen LogP contribution in [-0.4, -0.2) is 42.8 Å². The fourth-order valence-electron chi connectivity index (χ4n) is 3.32. The molecule has 1 aromatic carbocycles. The van der Waals surface area contributed by atoms with Crippen LogP contribution in [0.2, 0.25) is 0 Å². The molecule has 4 nitrogen and oxygen atoms in total. The third-order valence-electron chi connectivity index (χ3n) is 4.68. The van der Waals surface area contributed by atoms with Gasteiger partial charge in [-0.2, -0.15) is 0 Å². The lowest BCUT2D eigenvalue weighted by Crippen LogP contribution is -2.32. The molecule has 1 aromatic rings. The van der Waals surface area contributed by atoms with Gasteiger partial charge >= 0.3 is 0 Å². The van der Waals surface area contributed by atoms with E-state index in [4.69, 9.17) is 0 Å². The number of rotatable bonds is 4. The number of benzene rings is 1. The molecule has 2 aliphatic rings. The predicted octanol–water partition coefficient (Wildman–Crippen LogP) is 2.06. The van der Waals surface area contributed by atoms with Gasteiger partial charge < -0.3 is 10.2 Å². The van der Waals surface area contributed by atoms with Crippen molar-refractivity contribution in [3.05, 3.63) is 35.4 Å². The third kappa shape index (κ3) is 3.68. The van der Waals surface area contributed by atoms with E-state index in [0.29, 0.717) is 30.2 Å². The van der Waals surface area contributed by atoms with Crippen molar-refractivity contribution in [3.63, 3.8) is 0 Å². The summed E-state index contributed by atoms with van der Waals surface area (Å²) in [5.41, 5.74) is 1.84. The average Bonchev–Trinajstić information content (AvgIpc) is 3.06. The maximum absolute atomic E-state index is 12.2. The lowest BCUT2D eigenvalue weighted by Gasteiger charge is -2.17. The molecule has 0 saturated carbocycles. The number of Topliss-reactive ketones (excluding diaryl/α,β-unsaturated/α-hetero) is 1. The molecule has 0 aromatic heterocycles. The van der Waals surface area contributed by atoms with Gasteiger partial charge in [-0.15, -0.1) is 12.4 Å². The molecule has 3 rings (SSSR count). The van der Waals surface area contributed by atoms with Gasteiger partial charge in [-0.1, -0.05) is 29.8 Å². The molecule has 1 amide bonds. The van der Waals surface area contributed by atoms with Crippen molar-refractivity contribution in [2.45, 2.75) is 19.8 Å². The summed E-state index contributed by atoms with van der Waals surface area (Å²) in [6.07, 6.45) is 0.644. The standard InChI is InChI=1S/C17H22N2O2.ClH/c1-12-2-4-13(5-3-12)16(20)6-7-17(21)19-10-14-8-18-9-15(14)11-19;/h2-5,14-15,18H,6-11H2,1H3;1H/t14-,15+;. The number of amides is 1. The second-order valence-electron chi connectivity index (χ2n) is 6.27. The van der Waals surface area contributed by atoms with Crippen LogP contribution in [0.5, 0.6) is 0 Å². The number of carbonyl (C=O) groups excluding carboxylic acids is 2.